The van der Waals surface area contributed by atoms with Crippen molar-refractivity contribution < 1.29 is 44.4 Å². The predicted molar refractivity (Wildman–Crippen MR) is 43.5 cm³/mol. The summed E-state index contributed by atoms with van der Waals surface area (Å²) in [5.41, 5.74) is 0. The largest absolute Gasteiger partial charge is 0.397 e. The molecule has 5 nitrogen and oxygen atoms in total. The maximum atomic E-state index is 7.57. The van der Waals surface area contributed by atoms with E-state index in [2.05, 4.69) is 0 Å². The fraction of sp³-hybridized carbons (Fsp3) is 1.00. The third-order valence-electron chi connectivity index (χ3n) is 0. The molecule has 0 fully saturated rings. The molecule has 0 aliphatic heterocycles. The van der Waals surface area contributed by atoms with E-state index in [9.17, 15) is 0 Å². The topological polar surface area (TPSA) is 101 Å². The Bertz CT molecular complexity index is 20.7. The van der Waals surface area contributed by atoms with Crippen LogP contribution in [0, 0.1) is 0 Å². The van der Waals surface area contributed by atoms with Gasteiger partial charge in [0, 0.05) is 38.4 Å². The molecule has 0 aromatic rings. The molecule has 0 atom stereocenters. The van der Waals surface area contributed by atoms with Gasteiger partial charge in [0.05, 0.1) is 0 Å². The second-order valence-corrected chi connectivity index (χ2v) is 0.949. The zero-order valence-electron chi connectivity index (χ0n) is 7.80. The molecule has 0 amide bonds. The molecular formula is C6H20O5V. The summed E-state index contributed by atoms with van der Waals surface area (Å²) in [4.78, 5) is 0. The van der Waals surface area contributed by atoms with Crippen LogP contribution < -0.4 is 0 Å². The van der Waals surface area contributed by atoms with Gasteiger partial charge in [-0.05, 0) is 20.8 Å². The van der Waals surface area contributed by atoms with Crippen LogP contribution >= 0.6 is 0 Å². The Hall–Kier alpha value is 0.384. The molecular weight excluding hydrogens is 203 g/mol. The van der Waals surface area contributed by atoms with E-state index in [1.54, 1.807) is 20.8 Å². The summed E-state index contributed by atoms with van der Waals surface area (Å²) < 4.78 is 0. The average molecular weight is 223 g/mol. The summed E-state index contributed by atoms with van der Waals surface area (Å²) in [5.74, 6) is 0. The summed E-state index contributed by atoms with van der Waals surface area (Å²) in [7, 11) is 0. The van der Waals surface area contributed by atoms with Crippen LogP contribution in [0.2, 0.25) is 0 Å². The summed E-state index contributed by atoms with van der Waals surface area (Å²) in [6.45, 7) is 5.79. The first-order valence-corrected chi connectivity index (χ1v) is 3.27. The van der Waals surface area contributed by atoms with Gasteiger partial charge < -0.3 is 15.3 Å². The predicted octanol–water partition coefficient (Wildman–Crippen LogP) is 0.0107. The summed E-state index contributed by atoms with van der Waals surface area (Å²) in [6, 6.07) is 0. The van der Waals surface area contributed by atoms with Crippen LogP contribution in [0.15, 0.2) is 0 Å². The maximum absolute atomic E-state index is 7.57. The van der Waals surface area contributed by atoms with Gasteiger partial charge >= 0.3 is 0 Å². The molecule has 0 heterocycles. The SMILES string of the molecule is CCO.CCO.CCO.OO.[V]. The van der Waals surface area contributed by atoms with E-state index in [0.717, 1.165) is 0 Å². The van der Waals surface area contributed by atoms with Crippen molar-refractivity contribution in [2.45, 2.75) is 20.8 Å². The van der Waals surface area contributed by atoms with Gasteiger partial charge in [0.15, 0.2) is 0 Å². The molecule has 79 valence electrons. The Morgan fingerprint density at radius 2 is 0.667 bits per heavy atom. The second kappa shape index (κ2) is 107. The van der Waals surface area contributed by atoms with E-state index in [0.29, 0.717) is 0 Å². The third kappa shape index (κ3) is 6190. The fourth-order valence-electron chi connectivity index (χ4n) is 0. The van der Waals surface area contributed by atoms with E-state index < -0.39 is 0 Å². The van der Waals surface area contributed by atoms with E-state index in [1.807, 2.05) is 0 Å². The van der Waals surface area contributed by atoms with Gasteiger partial charge in [-0.25, -0.2) is 0 Å². The van der Waals surface area contributed by atoms with Gasteiger partial charge in [0.25, 0.3) is 0 Å². The first kappa shape index (κ1) is 29.4. The minimum atomic E-state index is 0. The van der Waals surface area contributed by atoms with Crippen LogP contribution in [0.25, 0.3) is 0 Å². The Kier molecular flexibility index (Phi) is 263. The minimum absolute atomic E-state index is 0. The molecule has 0 aromatic heterocycles. The standard InChI is InChI=1S/3C2H6O.H2O2.V/c3*1-2-3;1-2;/h3*3H,2H2,1H3;1-2H;. The van der Waals surface area contributed by atoms with Crippen molar-refractivity contribution in [2.75, 3.05) is 19.8 Å². The fourth-order valence-corrected chi connectivity index (χ4v) is 0. The molecule has 1 radical (unpaired) electrons. The van der Waals surface area contributed by atoms with Crippen LogP contribution in [0.1, 0.15) is 20.8 Å². The number of aliphatic hydroxyl groups excluding tert-OH is 3. The normalized spacial score (nSPS) is 5.00. The van der Waals surface area contributed by atoms with Crippen molar-refractivity contribution >= 4 is 0 Å². The molecule has 0 aliphatic rings. The maximum Gasteiger partial charge on any atom is 0.0402 e. The monoisotopic (exact) mass is 223 g/mol. The van der Waals surface area contributed by atoms with Gasteiger partial charge in [0.2, 0.25) is 0 Å². The molecule has 5 N–H and O–H groups in total. The second-order valence-electron chi connectivity index (χ2n) is 0.949. The Labute approximate surface area is 85.5 Å². The van der Waals surface area contributed by atoms with Gasteiger partial charge in [-0.15, -0.1) is 0 Å². The summed E-state index contributed by atoms with van der Waals surface area (Å²) >= 11 is 0. The van der Waals surface area contributed by atoms with Crippen molar-refractivity contribution in [1.82, 2.24) is 0 Å². The van der Waals surface area contributed by atoms with E-state index in [-0.39, 0.29) is 38.4 Å². The summed E-state index contributed by atoms with van der Waals surface area (Å²) in [5, 5.41) is 34.7. The molecule has 0 aliphatic carbocycles. The zero-order valence-corrected chi connectivity index (χ0v) is 9.20. The van der Waals surface area contributed by atoms with Gasteiger partial charge in [-0.1, -0.05) is 0 Å². The summed E-state index contributed by atoms with van der Waals surface area (Å²) in [6.07, 6.45) is 0. The third-order valence-corrected chi connectivity index (χ3v) is 0. The molecule has 0 unspecified atom stereocenters. The number of hydrogen-bond donors (Lipinski definition) is 5. The van der Waals surface area contributed by atoms with E-state index >= 15 is 0 Å². The first-order valence-electron chi connectivity index (χ1n) is 3.27. The van der Waals surface area contributed by atoms with Gasteiger partial charge in [-0.2, -0.15) is 0 Å². The van der Waals surface area contributed by atoms with Crippen LogP contribution in [0.4, 0.5) is 0 Å². The van der Waals surface area contributed by atoms with Crippen molar-refractivity contribution in [3.8, 4) is 0 Å². The molecule has 0 bridgehead atoms. The Balaban J connectivity index is -0.0000000179. The van der Waals surface area contributed by atoms with Crippen LogP contribution in [-0.2, 0) is 18.6 Å². The first-order chi connectivity index (χ1) is 5.24. The van der Waals surface area contributed by atoms with Crippen molar-refractivity contribution in [2.24, 2.45) is 0 Å². The number of aliphatic hydroxyl groups is 3. The molecule has 0 rings (SSSR count). The molecule has 12 heavy (non-hydrogen) atoms. The zero-order chi connectivity index (χ0) is 10.1. The molecule has 0 saturated heterocycles. The number of rotatable bonds is 0. The van der Waals surface area contributed by atoms with Crippen LogP contribution in [0.3, 0.4) is 0 Å². The molecule has 0 spiro atoms. The van der Waals surface area contributed by atoms with Gasteiger partial charge in [-0.3, -0.25) is 10.5 Å². The van der Waals surface area contributed by atoms with Crippen LogP contribution in [0.5, 0.6) is 0 Å². The van der Waals surface area contributed by atoms with E-state index in [4.69, 9.17) is 25.8 Å². The molecule has 0 aromatic carbocycles. The van der Waals surface area contributed by atoms with Crippen molar-refractivity contribution in [1.29, 1.82) is 0 Å². The Morgan fingerprint density at radius 1 is 0.667 bits per heavy atom. The van der Waals surface area contributed by atoms with Crippen LogP contribution in [-0.4, -0.2) is 45.7 Å². The van der Waals surface area contributed by atoms with Gasteiger partial charge in [0.1, 0.15) is 0 Å². The smallest absolute Gasteiger partial charge is 0.0402 e. The number of hydrogen-bond acceptors (Lipinski definition) is 5. The van der Waals surface area contributed by atoms with Crippen molar-refractivity contribution in [3.63, 3.8) is 0 Å². The molecule has 6 heteroatoms. The van der Waals surface area contributed by atoms with E-state index in [1.165, 1.54) is 0 Å². The quantitative estimate of drug-likeness (QED) is 0.294. The Morgan fingerprint density at radius 3 is 0.667 bits per heavy atom. The average Bonchev–Trinajstić information content (AvgIpc) is 1.96. The molecule has 0 saturated carbocycles. The minimum Gasteiger partial charge on any atom is -0.397 e. The van der Waals surface area contributed by atoms with Crippen molar-refractivity contribution in [3.05, 3.63) is 0 Å².